The summed E-state index contributed by atoms with van der Waals surface area (Å²) >= 11 is 0. The molecule has 7 aromatic carbocycles. The minimum atomic E-state index is 0.554. The molecular formula is C45H29N5O2. The SMILES string of the molecule is c1ccc(-c2nc(-c3ccccc3N3c4ccccc4Oc4ccccc43)nc(-c3ccccc3N3c4ccccc4Oc4ccccc43)n2)cc1. The number of benzene rings is 7. The number of para-hydroxylation sites is 10. The highest BCUT2D eigenvalue weighted by Gasteiger charge is 2.30. The zero-order valence-corrected chi connectivity index (χ0v) is 27.8. The van der Waals surface area contributed by atoms with Crippen molar-refractivity contribution in [3.8, 4) is 57.2 Å². The molecule has 0 saturated heterocycles. The van der Waals surface area contributed by atoms with Crippen molar-refractivity contribution in [1.82, 2.24) is 15.0 Å². The fourth-order valence-electron chi connectivity index (χ4n) is 6.98. The van der Waals surface area contributed by atoms with Crippen LogP contribution < -0.4 is 19.3 Å². The maximum Gasteiger partial charge on any atom is 0.166 e. The Morgan fingerprint density at radius 3 is 1.00 bits per heavy atom. The number of aromatic nitrogens is 3. The van der Waals surface area contributed by atoms with E-state index in [1.807, 2.05) is 127 Å². The van der Waals surface area contributed by atoms with Gasteiger partial charge in [0, 0.05) is 16.7 Å². The number of nitrogens with zero attached hydrogens (tertiary/aromatic N) is 5. The molecule has 0 spiro atoms. The van der Waals surface area contributed by atoms with E-state index in [1.165, 1.54) is 0 Å². The lowest BCUT2D eigenvalue weighted by Crippen LogP contribution is -2.17. The lowest BCUT2D eigenvalue weighted by atomic mass is 10.1. The largest absolute Gasteiger partial charge is 0.453 e. The van der Waals surface area contributed by atoms with Gasteiger partial charge in [-0.2, -0.15) is 0 Å². The Morgan fingerprint density at radius 2 is 0.596 bits per heavy atom. The Bertz CT molecular complexity index is 2380. The van der Waals surface area contributed by atoms with Gasteiger partial charge in [-0.05, 0) is 72.8 Å². The van der Waals surface area contributed by atoms with E-state index in [0.29, 0.717) is 17.5 Å². The van der Waals surface area contributed by atoms with Crippen LogP contribution in [-0.4, -0.2) is 15.0 Å². The Kier molecular flexibility index (Phi) is 6.99. The van der Waals surface area contributed by atoms with Gasteiger partial charge in [-0.1, -0.05) is 103 Å². The molecule has 7 nitrogen and oxygen atoms in total. The molecule has 2 aliphatic rings. The Morgan fingerprint density at radius 1 is 0.288 bits per heavy atom. The second kappa shape index (κ2) is 12.3. The van der Waals surface area contributed by atoms with E-state index in [0.717, 1.165) is 73.8 Å². The highest BCUT2D eigenvalue weighted by atomic mass is 16.5. The maximum atomic E-state index is 6.35. The van der Waals surface area contributed by atoms with Gasteiger partial charge in [0.25, 0.3) is 0 Å². The number of ether oxygens (including phenoxy) is 2. The van der Waals surface area contributed by atoms with E-state index < -0.39 is 0 Å². The van der Waals surface area contributed by atoms with Crippen LogP contribution in [0.1, 0.15) is 0 Å². The summed E-state index contributed by atoms with van der Waals surface area (Å²) < 4.78 is 12.7. The standard InChI is InChI=1S/C45H29N5O2/c1-2-16-30(17-3-1)43-46-44(31-18-4-6-20-33(31)49-35-22-8-12-26-39(35)51-40-27-13-9-23-36(40)49)48-45(47-43)32-19-5-7-21-34(32)50-37-24-10-14-28-41(37)52-42-29-15-11-25-38(42)50/h1-29H. The molecule has 10 rings (SSSR count). The first-order chi connectivity index (χ1) is 25.8. The minimum Gasteiger partial charge on any atom is -0.453 e. The summed E-state index contributed by atoms with van der Waals surface area (Å²) in [5.74, 6) is 4.79. The number of hydrogen-bond donors (Lipinski definition) is 0. The molecule has 0 bridgehead atoms. The number of hydrogen-bond acceptors (Lipinski definition) is 7. The van der Waals surface area contributed by atoms with Gasteiger partial charge in [0.15, 0.2) is 40.5 Å². The molecule has 0 fully saturated rings. The monoisotopic (exact) mass is 671 g/mol. The third-order valence-electron chi connectivity index (χ3n) is 9.30. The van der Waals surface area contributed by atoms with Crippen molar-refractivity contribution >= 4 is 34.1 Å². The summed E-state index contributed by atoms with van der Waals surface area (Å²) in [7, 11) is 0. The number of anilines is 6. The van der Waals surface area contributed by atoms with Crippen LogP contribution in [0.2, 0.25) is 0 Å². The van der Waals surface area contributed by atoms with E-state index in [9.17, 15) is 0 Å². The fraction of sp³-hybridized carbons (Fsp3) is 0. The third kappa shape index (κ3) is 4.95. The van der Waals surface area contributed by atoms with Gasteiger partial charge in [-0.25, -0.2) is 15.0 Å². The van der Waals surface area contributed by atoms with Gasteiger partial charge in [-0.3, -0.25) is 0 Å². The Labute approximate surface area is 300 Å². The van der Waals surface area contributed by atoms with E-state index in [1.54, 1.807) is 0 Å². The quantitative estimate of drug-likeness (QED) is 0.180. The summed E-state index contributed by atoms with van der Waals surface area (Å²) in [4.78, 5) is 20.1. The van der Waals surface area contributed by atoms with Crippen molar-refractivity contribution in [2.45, 2.75) is 0 Å². The lowest BCUT2D eigenvalue weighted by molar-refractivity contribution is 0.477. The van der Waals surface area contributed by atoms with Gasteiger partial charge in [0.05, 0.1) is 34.1 Å². The zero-order chi connectivity index (χ0) is 34.4. The first kappa shape index (κ1) is 29.6. The van der Waals surface area contributed by atoms with Crippen LogP contribution in [-0.2, 0) is 0 Å². The Balaban J connectivity index is 1.20. The molecule has 0 N–H and O–H groups in total. The molecular weight excluding hydrogens is 643 g/mol. The predicted molar refractivity (Wildman–Crippen MR) is 206 cm³/mol. The number of rotatable bonds is 5. The molecule has 0 saturated carbocycles. The molecule has 52 heavy (non-hydrogen) atoms. The Hall–Kier alpha value is -7.25. The minimum absolute atomic E-state index is 0.554. The summed E-state index contributed by atoms with van der Waals surface area (Å²) in [6.45, 7) is 0. The molecule has 7 heteroatoms. The average Bonchev–Trinajstić information content (AvgIpc) is 3.22. The van der Waals surface area contributed by atoms with Crippen LogP contribution in [0.15, 0.2) is 176 Å². The van der Waals surface area contributed by atoms with Crippen LogP contribution >= 0.6 is 0 Å². The smallest absolute Gasteiger partial charge is 0.166 e. The summed E-state index contributed by atoms with van der Waals surface area (Å²) in [5.41, 5.74) is 8.18. The normalized spacial score (nSPS) is 12.5. The summed E-state index contributed by atoms with van der Waals surface area (Å²) in [5, 5.41) is 0. The topological polar surface area (TPSA) is 63.6 Å². The zero-order valence-electron chi connectivity index (χ0n) is 27.8. The first-order valence-corrected chi connectivity index (χ1v) is 17.1. The summed E-state index contributed by atoms with van der Waals surface area (Å²) in [6, 6.07) is 58.9. The van der Waals surface area contributed by atoms with Gasteiger partial charge >= 0.3 is 0 Å². The molecule has 0 atom stereocenters. The van der Waals surface area contributed by atoms with Crippen molar-refractivity contribution in [1.29, 1.82) is 0 Å². The third-order valence-corrected chi connectivity index (χ3v) is 9.30. The average molecular weight is 672 g/mol. The van der Waals surface area contributed by atoms with Crippen LogP contribution in [0.3, 0.4) is 0 Å². The van der Waals surface area contributed by atoms with Crippen LogP contribution in [0.25, 0.3) is 34.2 Å². The molecule has 0 aliphatic carbocycles. The van der Waals surface area contributed by atoms with Crippen LogP contribution in [0.4, 0.5) is 34.1 Å². The van der Waals surface area contributed by atoms with E-state index in [4.69, 9.17) is 24.4 Å². The predicted octanol–water partition coefficient (Wildman–Crippen LogP) is 12.0. The molecule has 246 valence electrons. The maximum absolute atomic E-state index is 6.35. The number of fused-ring (bicyclic) bond motifs is 4. The molecule has 8 aromatic rings. The molecule has 0 amide bonds. The first-order valence-electron chi connectivity index (χ1n) is 17.1. The molecule has 3 heterocycles. The van der Waals surface area contributed by atoms with Gasteiger partial charge in [0.1, 0.15) is 0 Å². The second-order valence-electron chi connectivity index (χ2n) is 12.5. The van der Waals surface area contributed by atoms with Crippen molar-refractivity contribution in [3.05, 3.63) is 176 Å². The molecule has 0 unspecified atom stereocenters. The lowest BCUT2D eigenvalue weighted by Gasteiger charge is -2.34. The van der Waals surface area contributed by atoms with Crippen molar-refractivity contribution < 1.29 is 9.47 Å². The van der Waals surface area contributed by atoms with E-state index in [-0.39, 0.29) is 0 Å². The molecule has 1 aromatic heterocycles. The molecule has 2 aliphatic heterocycles. The van der Waals surface area contributed by atoms with E-state index in [2.05, 4.69) is 58.3 Å². The highest BCUT2D eigenvalue weighted by Crippen LogP contribution is 2.53. The molecule has 0 radical (unpaired) electrons. The van der Waals surface area contributed by atoms with E-state index >= 15 is 0 Å². The fourth-order valence-corrected chi connectivity index (χ4v) is 6.98. The van der Waals surface area contributed by atoms with Crippen LogP contribution in [0, 0.1) is 0 Å². The van der Waals surface area contributed by atoms with Gasteiger partial charge in [0.2, 0.25) is 0 Å². The second-order valence-corrected chi connectivity index (χ2v) is 12.5. The highest BCUT2D eigenvalue weighted by molar-refractivity contribution is 5.94. The summed E-state index contributed by atoms with van der Waals surface area (Å²) in [6.07, 6.45) is 0. The van der Waals surface area contributed by atoms with Crippen molar-refractivity contribution in [2.24, 2.45) is 0 Å². The van der Waals surface area contributed by atoms with Crippen molar-refractivity contribution in [2.75, 3.05) is 9.80 Å². The van der Waals surface area contributed by atoms with Gasteiger partial charge in [-0.15, -0.1) is 0 Å². The van der Waals surface area contributed by atoms with Crippen LogP contribution in [0.5, 0.6) is 23.0 Å². The van der Waals surface area contributed by atoms with Crippen molar-refractivity contribution in [3.63, 3.8) is 0 Å². The van der Waals surface area contributed by atoms with Gasteiger partial charge < -0.3 is 19.3 Å².